The lowest BCUT2D eigenvalue weighted by molar-refractivity contribution is -0.121. The Hall–Kier alpha value is -3.61. The first-order valence-electron chi connectivity index (χ1n) is 11.4. The van der Waals surface area contributed by atoms with Gasteiger partial charge in [0.15, 0.2) is 11.6 Å². The van der Waals surface area contributed by atoms with Crippen LogP contribution >= 0.6 is 0 Å². The largest absolute Gasteiger partial charge is 0.393 e. The van der Waals surface area contributed by atoms with Crippen LogP contribution in [0.25, 0.3) is 0 Å². The second kappa shape index (κ2) is 11.3. The van der Waals surface area contributed by atoms with Crippen molar-refractivity contribution in [1.82, 2.24) is 15.4 Å². The molecule has 7 heteroatoms. The van der Waals surface area contributed by atoms with Gasteiger partial charge in [0.2, 0.25) is 5.91 Å². The van der Waals surface area contributed by atoms with Crippen molar-refractivity contribution < 1.29 is 4.79 Å². The highest BCUT2D eigenvalue weighted by Crippen LogP contribution is 2.28. The Morgan fingerprint density at radius 1 is 0.879 bits per heavy atom. The monoisotopic (exact) mass is 446 g/mol. The molecule has 3 rings (SSSR count). The van der Waals surface area contributed by atoms with Gasteiger partial charge in [-0.2, -0.15) is 0 Å². The number of nitrogens with zero attached hydrogens (tertiary/aromatic N) is 3. The number of nitrogen functional groups attached to an aromatic ring is 1. The number of carbonyl (C=O) groups excluding carboxylic acids is 1. The summed E-state index contributed by atoms with van der Waals surface area (Å²) in [6.07, 6.45) is 1.47. The van der Waals surface area contributed by atoms with E-state index in [9.17, 15) is 4.79 Å². The van der Waals surface area contributed by atoms with Gasteiger partial charge in [-0.05, 0) is 23.0 Å². The third-order valence-electron chi connectivity index (χ3n) is 5.17. The van der Waals surface area contributed by atoms with Gasteiger partial charge in [-0.15, -0.1) is 0 Å². The number of amides is 1. The van der Waals surface area contributed by atoms with E-state index in [-0.39, 0.29) is 5.91 Å². The number of anilines is 3. The zero-order valence-electron chi connectivity index (χ0n) is 19.8. The van der Waals surface area contributed by atoms with Crippen LogP contribution in [-0.4, -0.2) is 29.0 Å². The molecule has 1 amide bonds. The molecule has 0 aliphatic heterocycles. The van der Waals surface area contributed by atoms with Gasteiger partial charge >= 0.3 is 0 Å². The summed E-state index contributed by atoms with van der Waals surface area (Å²) in [5.41, 5.74) is 14.4. The highest BCUT2D eigenvalue weighted by Gasteiger charge is 2.23. The number of benzene rings is 2. The van der Waals surface area contributed by atoms with Crippen LogP contribution in [0.5, 0.6) is 0 Å². The van der Waals surface area contributed by atoms with Crippen LogP contribution in [0.3, 0.4) is 0 Å². The predicted octanol–water partition coefficient (Wildman–Crippen LogP) is 4.45. The predicted molar refractivity (Wildman–Crippen MR) is 135 cm³/mol. The van der Waals surface area contributed by atoms with Gasteiger partial charge in [-0.25, -0.2) is 9.97 Å². The van der Waals surface area contributed by atoms with Crippen molar-refractivity contribution in [3.8, 4) is 0 Å². The molecule has 0 atom stereocenters. The third kappa shape index (κ3) is 6.44. The molecule has 174 valence electrons. The maximum atomic E-state index is 13.3. The molecule has 7 nitrogen and oxygen atoms in total. The normalized spacial score (nSPS) is 11.1. The van der Waals surface area contributed by atoms with Gasteiger partial charge in [0.1, 0.15) is 12.0 Å². The Morgan fingerprint density at radius 3 is 1.88 bits per heavy atom. The fourth-order valence-corrected chi connectivity index (χ4v) is 3.85. The molecule has 1 aromatic heterocycles. The molecular weight excluding hydrogens is 412 g/mol. The molecule has 0 aliphatic carbocycles. The van der Waals surface area contributed by atoms with Crippen molar-refractivity contribution in [3.63, 3.8) is 0 Å². The number of hydrazine groups is 1. The Morgan fingerprint density at radius 2 is 1.39 bits per heavy atom. The molecule has 0 bridgehead atoms. The molecular formula is C26H34N6O. The second-order valence-corrected chi connectivity index (χ2v) is 9.02. The van der Waals surface area contributed by atoms with Crippen LogP contribution in [0.1, 0.15) is 44.7 Å². The molecule has 2 aromatic carbocycles. The van der Waals surface area contributed by atoms with Crippen LogP contribution in [0, 0.1) is 11.8 Å². The molecule has 0 radical (unpaired) electrons. The van der Waals surface area contributed by atoms with Crippen molar-refractivity contribution in [2.75, 3.05) is 29.1 Å². The molecule has 0 spiro atoms. The van der Waals surface area contributed by atoms with E-state index in [0.717, 1.165) is 24.2 Å². The lowest BCUT2D eigenvalue weighted by atomic mass is 9.91. The average molecular weight is 447 g/mol. The lowest BCUT2D eigenvalue weighted by Crippen LogP contribution is -2.36. The molecule has 3 aromatic rings. The van der Waals surface area contributed by atoms with Crippen molar-refractivity contribution in [2.24, 2.45) is 11.8 Å². The third-order valence-corrected chi connectivity index (χ3v) is 5.17. The summed E-state index contributed by atoms with van der Waals surface area (Å²) < 4.78 is 0. The molecule has 1 heterocycles. The van der Waals surface area contributed by atoms with Crippen molar-refractivity contribution >= 4 is 23.2 Å². The number of carbonyl (C=O) groups is 1. The van der Waals surface area contributed by atoms with Gasteiger partial charge in [-0.3, -0.25) is 15.6 Å². The first-order chi connectivity index (χ1) is 15.9. The van der Waals surface area contributed by atoms with Crippen LogP contribution in [0.4, 0.5) is 17.3 Å². The van der Waals surface area contributed by atoms with E-state index >= 15 is 0 Å². The van der Waals surface area contributed by atoms with Gasteiger partial charge < -0.3 is 10.6 Å². The van der Waals surface area contributed by atoms with Crippen LogP contribution < -0.4 is 21.5 Å². The first-order valence-corrected chi connectivity index (χ1v) is 11.4. The summed E-state index contributed by atoms with van der Waals surface area (Å²) in [4.78, 5) is 24.2. The van der Waals surface area contributed by atoms with E-state index in [0.29, 0.717) is 29.2 Å². The SMILES string of the molecule is CC(C)CN(CC(C)C)c1ncnc(NNC(=O)C(c2ccccc2)c2ccccc2)c1N. The summed E-state index contributed by atoms with van der Waals surface area (Å²) in [5, 5.41) is 0. The molecule has 4 N–H and O–H groups in total. The van der Waals surface area contributed by atoms with Gasteiger partial charge in [0, 0.05) is 13.1 Å². The summed E-state index contributed by atoms with van der Waals surface area (Å²) >= 11 is 0. The number of hydrogen-bond donors (Lipinski definition) is 3. The minimum absolute atomic E-state index is 0.201. The zero-order valence-corrected chi connectivity index (χ0v) is 19.8. The summed E-state index contributed by atoms with van der Waals surface area (Å²) in [7, 11) is 0. The second-order valence-electron chi connectivity index (χ2n) is 9.02. The van der Waals surface area contributed by atoms with Gasteiger partial charge in [0.05, 0.1) is 5.92 Å². The number of nitrogens with one attached hydrogen (secondary N) is 2. The average Bonchev–Trinajstić information content (AvgIpc) is 2.79. The van der Waals surface area contributed by atoms with E-state index in [1.807, 2.05) is 60.7 Å². The van der Waals surface area contributed by atoms with E-state index < -0.39 is 5.92 Å². The smallest absolute Gasteiger partial charge is 0.250 e. The fourth-order valence-electron chi connectivity index (χ4n) is 3.85. The minimum atomic E-state index is -0.471. The summed E-state index contributed by atoms with van der Waals surface area (Å²) in [5.74, 6) is 1.28. The van der Waals surface area contributed by atoms with Gasteiger partial charge in [-0.1, -0.05) is 88.4 Å². The Labute approximate surface area is 196 Å². The van der Waals surface area contributed by atoms with E-state index in [1.165, 1.54) is 6.33 Å². The number of nitrogens with two attached hydrogens (primary N) is 1. The maximum absolute atomic E-state index is 13.3. The highest BCUT2D eigenvalue weighted by molar-refractivity contribution is 5.88. The number of hydrogen-bond acceptors (Lipinski definition) is 6. The number of rotatable bonds is 10. The first kappa shape index (κ1) is 24.0. The standard InChI is InChI=1S/C26H34N6O/c1-18(2)15-32(16-19(3)4)25-23(27)24(28-17-29-25)30-31-26(33)22(20-11-7-5-8-12-20)21-13-9-6-10-14-21/h5-14,17-19,22H,15-16,27H2,1-4H3,(H,31,33)(H,28,29,30). The Bertz CT molecular complexity index is 974. The van der Waals surface area contributed by atoms with Gasteiger partial charge in [0.25, 0.3) is 0 Å². The van der Waals surface area contributed by atoms with E-state index in [4.69, 9.17) is 5.73 Å². The topological polar surface area (TPSA) is 96.2 Å². The minimum Gasteiger partial charge on any atom is -0.393 e. The Balaban J connectivity index is 1.82. The quantitative estimate of drug-likeness (QED) is 0.398. The number of aromatic nitrogens is 2. The fraction of sp³-hybridized carbons (Fsp3) is 0.346. The van der Waals surface area contributed by atoms with Crippen LogP contribution in [-0.2, 0) is 4.79 Å². The zero-order chi connectivity index (χ0) is 23.8. The maximum Gasteiger partial charge on any atom is 0.250 e. The van der Waals surface area contributed by atoms with E-state index in [2.05, 4.69) is 53.4 Å². The van der Waals surface area contributed by atoms with Crippen molar-refractivity contribution in [3.05, 3.63) is 78.1 Å². The lowest BCUT2D eigenvalue weighted by Gasteiger charge is -2.28. The molecule has 0 fully saturated rings. The summed E-state index contributed by atoms with van der Waals surface area (Å²) in [6, 6.07) is 19.4. The van der Waals surface area contributed by atoms with Crippen LogP contribution in [0.15, 0.2) is 67.0 Å². The molecule has 0 aliphatic rings. The molecule has 33 heavy (non-hydrogen) atoms. The highest BCUT2D eigenvalue weighted by atomic mass is 16.2. The van der Waals surface area contributed by atoms with Crippen molar-refractivity contribution in [2.45, 2.75) is 33.6 Å². The molecule has 0 saturated carbocycles. The van der Waals surface area contributed by atoms with Crippen LogP contribution in [0.2, 0.25) is 0 Å². The summed E-state index contributed by atoms with van der Waals surface area (Å²) in [6.45, 7) is 10.3. The van der Waals surface area contributed by atoms with Crippen molar-refractivity contribution in [1.29, 1.82) is 0 Å². The molecule has 0 saturated heterocycles. The Kier molecular flexibility index (Phi) is 8.24. The molecule has 0 unspecified atom stereocenters. The van der Waals surface area contributed by atoms with E-state index in [1.54, 1.807) is 0 Å².